The highest BCUT2D eigenvalue weighted by molar-refractivity contribution is 6.30. The molecular weight excluding hydrogens is 168 g/mol. The lowest BCUT2D eigenvalue weighted by Crippen LogP contribution is -1.92. The molecule has 0 spiro atoms. The van der Waals surface area contributed by atoms with Crippen molar-refractivity contribution < 1.29 is 0 Å². The number of terminal acetylenes is 1. The van der Waals surface area contributed by atoms with Gasteiger partial charge in [0, 0.05) is 10.9 Å². The fourth-order valence-electron chi connectivity index (χ4n) is 1.21. The summed E-state index contributed by atoms with van der Waals surface area (Å²) in [5.74, 6) is 2.87. The molecule has 0 nitrogen and oxygen atoms in total. The van der Waals surface area contributed by atoms with Crippen LogP contribution in [0.2, 0.25) is 5.02 Å². The normalized spacial score (nSPS) is 12.2. The maximum Gasteiger partial charge on any atom is 0.0424 e. The van der Waals surface area contributed by atoms with Gasteiger partial charge in [-0.3, -0.25) is 0 Å². The second-order valence-electron chi connectivity index (χ2n) is 2.89. The van der Waals surface area contributed by atoms with Crippen LogP contribution in [0.25, 0.3) is 0 Å². The standard InChI is InChI=1S/C11H11Cl/c1-4-8(2)11-6-5-10(12)7-9(11)3/h1,5-8H,2-3H3. The van der Waals surface area contributed by atoms with Crippen molar-refractivity contribution in [2.75, 3.05) is 0 Å². The fourth-order valence-corrected chi connectivity index (χ4v) is 1.44. The smallest absolute Gasteiger partial charge is 0.0424 e. The summed E-state index contributed by atoms with van der Waals surface area (Å²) in [7, 11) is 0. The minimum atomic E-state index is 0.169. The molecule has 0 amide bonds. The average molecular weight is 179 g/mol. The molecule has 0 N–H and O–H groups in total. The zero-order valence-corrected chi connectivity index (χ0v) is 8.02. The molecule has 0 aliphatic heterocycles. The van der Waals surface area contributed by atoms with Gasteiger partial charge in [0.05, 0.1) is 0 Å². The Bertz CT molecular complexity index is 320. The van der Waals surface area contributed by atoms with E-state index >= 15 is 0 Å². The first-order valence-electron chi connectivity index (χ1n) is 3.87. The predicted molar refractivity (Wildman–Crippen MR) is 53.4 cm³/mol. The van der Waals surface area contributed by atoms with Crippen molar-refractivity contribution in [2.45, 2.75) is 19.8 Å². The van der Waals surface area contributed by atoms with Crippen LogP contribution < -0.4 is 0 Å². The van der Waals surface area contributed by atoms with Crippen molar-refractivity contribution >= 4 is 11.6 Å². The number of aryl methyl sites for hydroxylation is 1. The topological polar surface area (TPSA) is 0 Å². The van der Waals surface area contributed by atoms with Crippen LogP contribution in [-0.2, 0) is 0 Å². The van der Waals surface area contributed by atoms with E-state index in [2.05, 4.69) is 5.92 Å². The van der Waals surface area contributed by atoms with E-state index in [-0.39, 0.29) is 5.92 Å². The highest BCUT2D eigenvalue weighted by Gasteiger charge is 2.04. The van der Waals surface area contributed by atoms with Gasteiger partial charge in [-0.15, -0.1) is 6.42 Å². The molecule has 0 aromatic heterocycles. The largest absolute Gasteiger partial charge is 0.119 e. The Kier molecular flexibility index (Phi) is 2.78. The minimum Gasteiger partial charge on any atom is -0.119 e. The van der Waals surface area contributed by atoms with E-state index in [1.165, 1.54) is 5.56 Å². The summed E-state index contributed by atoms with van der Waals surface area (Å²) in [4.78, 5) is 0. The Morgan fingerprint density at radius 1 is 1.50 bits per heavy atom. The van der Waals surface area contributed by atoms with Crippen molar-refractivity contribution in [3.8, 4) is 12.3 Å². The summed E-state index contributed by atoms with van der Waals surface area (Å²) < 4.78 is 0. The van der Waals surface area contributed by atoms with Crippen molar-refractivity contribution in [3.05, 3.63) is 34.3 Å². The zero-order chi connectivity index (χ0) is 9.14. The number of halogens is 1. The van der Waals surface area contributed by atoms with Crippen LogP contribution in [0.4, 0.5) is 0 Å². The highest BCUT2D eigenvalue weighted by Crippen LogP contribution is 2.21. The fraction of sp³-hybridized carbons (Fsp3) is 0.273. The third-order valence-corrected chi connectivity index (χ3v) is 2.18. The van der Waals surface area contributed by atoms with Gasteiger partial charge in [-0.1, -0.05) is 23.6 Å². The number of rotatable bonds is 1. The van der Waals surface area contributed by atoms with Crippen molar-refractivity contribution in [1.29, 1.82) is 0 Å². The highest BCUT2D eigenvalue weighted by atomic mass is 35.5. The Morgan fingerprint density at radius 2 is 2.17 bits per heavy atom. The SMILES string of the molecule is C#CC(C)c1ccc(Cl)cc1C. The summed E-state index contributed by atoms with van der Waals surface area (Å²) in [6.07, 6.45) is 5.33. The van der Waals surface area contributed by atoms with E-state index in [1.807, 2.05) is 32.0 Å². The molecule has 0 bridgehead atoms. The first kappa shape index (κ1) is 9.16. The first-order chi connectivity index (χ1) is 5.65. The Morgan fingerprint density at radius 3 is 2.67 bits per heavy atom. The molecule has 0 fully saturated rings. The van der Waals surface area contributed by atoms with Gasteiger partial charge in [0.15, 0.2) is 0 Å². The summed E-state index contributed by atoms with van der Waals surface area (Å²) in [5, 5.41) is 0.764. The van der Waals surface area contributed by atoms with E-state index in [0.29, 0.717) is 0 Å². The molecular formula is C11H11Cl. The molecule has 0 aliphatic rings. The molecule has 12 heavy (non-hydrogen) atoms. The van der Waals surface area contributed by atoms with Gasteiger partial charge >= 0.3 is 0 Å². The lowest BCUT2D eigenvalue weighted by atomic mass is 9.97. The molecule has 1 heteroatoms. The summed E-state index contributed by atoms with van der Waals surface area (Å²) in [5.41, 5.74) is 2.34. The third kappa shape index (κ3) is 1.81. The van der Waals surface area contributed by atoms with Crippen LogP contribution in [-0.4, -0.2) is 0 Å². The lowest BCUT2D eigenvalue weighted by Gasteiger charge is -2.08. The Labute approximate surface area is 78.6 Å². The second-order valence-corrected chi connectivity index (χ2v) is 3.33. The van der Waals surface area contributed by atoms with Crippen molar-refractivity contribution in [3.63, 3.8) is 0 Å². The molecule has 62 valence electrons. The van der Waals surface area contributed by atoms with Crippen LogP contribution in [0.1, 0.15) is 24.0 Å². The monoisotopic (exact) mass is 178 g/mol. The molecule has 1 atom stereocenters. The lowest BCUT2D eigenvalue weighted by molar-refractivity contribution is 0.988. The van der Waals surface area contributed by atoms with E-state index in [9.17, 15) is 0 Å². The van der Waals surface area contributed by atoms with E-state index in [0.717, 1.165) is 10.6 Å². The van der Waals surface area contributed by atoms with E-state index < -0.39 is 0 Å². The quantitative estimate of drug-likeness (QED) is 0.579. The number of hydrogen-bond acceptors (Lipinski definition) is 0. The molecule has 1 rings (SSSR count). The van der Waals surface area contributed by atoms with Gasteiger partial charge in [-0.05, 0) is 37.1 Å². The molecule has 0 aliphatic carbocycles. The average Bonchev–Trinajstić information content (AvgIpc) is 2.03. The second kappa shape index (κ2) is 3.65. The maximum absolute atomic E-state index is 5.81. The molecule has 1 aromatic carbocycles. The minimum absolute atomic E-state index is 0.169. The Hall–Kier alpha value is -0.930. The number of hydrogen-bond donors (Lipinski definition) is 0. The van der Waals surface area contributed by atoms with Gasteiger partial charge in [-0.25, -0.2) is 0 Å². The van der Waals surface area contributed by atoms with Gasteiger partial charge in [0.1, 0.15) is 0 Å². The molecule has 1 unspecified atom stereocenters. The van der Waals surface area contributed by atoms with Gasteiger partial charge in [0.25, 0.3) is 0 Å². The van der Waals surface area contributed by atoms with Crippen molar-refractivity contribution in [1.82, 2.24) is 0 Å². The summed E-state index contributed by atoms with van der Waals surface area (Å²) in [6.45, 7) is 4.03. The summed E-state index contributed by atoms with van der Waals surface area (Å²) >= 11 is 5.81. The van der Waals surface area contributed by atoms with Gasteiger partial charge < -0.3 is 0 Å². The first-order valence-corrected chi connectivity index (χ1v) is 4.25. The van der Waals surface area contributed by atoms with Crippen LogP contribution in [0, 0.1) is 19.3 Å². The predicted octanol–water partition coefficient (Wildman–Crippen LogP) is 3.39. The maximum atomic E-state index is 5.81. The molecule has 0 heterocycles. The summed E-state index contributed by atoms with van der Waals surface area (Å²) in [6, 6.07) is 5.80. The molecule has 0 saturated carbocycles. The van der Waals surface area contributed by atoms with Crippen LogP contribution in [0.3, 0.4) is 0 Å². The molecule has 1 aromatic rings. The van der Waals surface area contributed by atoms with Crippen molar-refractivity contribution in [2.24, 2.45) is 0 Å². The van der Waals surface area contributed by atoms with E-state index in [4.69, 9.17) is 18.0 Å². The Balaban J connectivity index is 3.11. The van der Waals surface area contributed by atoms with E-state index in [1.54, 1.807) is 0 Å². The van der Waals surface area contributed by atoms with Crippen LogP contribution in [0.5, 0.6) is 0 Å². The zero-order valence-electron chi connectivity index (χ0n) is 7.26. The molecule has 0 saturated heterocycles. The number of benzene rings is 1. The van der Waals surface area contributed by atoms with Gasteiger partial charge in [0.2, 0.25) is 0 Å². The van der Waals surface area contributed by atoms with Gasteiger partial charge in [-0.2, -0.15) is 0 Å². The van der Waals surface area contributed by atoms with Crippen LogP contribution >= 0.6 is 11.6 Å². The van der Waals surface area contributed by atoms with Crippen LogP contribution in [0.15, 0.2) is 18.2 Å². The molecule has 0 radical (unpaired) electrons. The third-order valence-electron chi connectivity index (χ3n) is 1.95.